The van der Waals surface area contributed by atoms with Gasteiger partial charge in [-0.05, 0) is 79.9 Å². The zero-order valence-electron chi connectivity index (χ0n) is 25.5. The summed E-state index contributed by atoms with van der Waals surface area (Å²) >= 11 is 6.15. The van der Waals surface area contributed by atoms with E-state index in [1.165, 1.54) is 75.7 Å². The van der Waals surface area contributed by atoms with Crippen LogP contribution in [0.4, 0.5) is 0 Å². The monoisotopic (exact) mass is 605 g/mol. The topological polar surface area (TPSA) is 67.9 Å². The molecule has 3 fully saturated rings. The maximum absolute atomic E-state index is 14.1. The first-order valence-electron chi connectivity index (χ1n) is 16.6. The first kappa shape index (κ1) is 30.6. The van der Waals surface area contributed by atoms with E-state index in [1.54, 1.807) is 0 Å². The summed E-state index contributed by atoms with van der Waals surface area (Å²) in [6, 6.07) is 15.5. The molecule has 2 aromatic rings. The van der Waals surface area contributed by atoms with Crippen LogP contribution >= 0.6 is 11.6 Å². The van der Waals surface area contributed by atoms with Crippen molar-refractivity contribution in [1.82, 2.24) is 25.3 Å². The number of rotatable bonds is 9. The fourth-order valence-electron chi connectivity index (χ4n) is 7.77. The Hall–Kier alpha value is -2.45. The second-order valence-electron chi connectivity index (χ2n) is 13.1. The Morgan fingerprint density at radius 1 is 0.860 bits per heavy atom. The van der Waals surface area contributed by atoms with Crippen molar-refractivity contribution >= 4 is 23.4 Å². The van der Waals surface area contributed by atoms with Crippen LogP contribution in [0.3, 0.4) is 0 Å². The Kier molecular flexibility index (Phi) is 10.3. The standard InChI is InChI=1S/C35H48ClN5O2/c36-30-14-12-26(13-15-30)22-32(38-34(42)31-23-28-10-4-5-11-29(28)24-37-31)35(43)41-20-18-40(19-21-41)33(25-39-16-6-7-17-39)27-8-2-1-3-9-27/h4-5,10-15,27,31-33,37H,1-3,6-9,16-25H2,(H,38,42)/t31-,32-,33?/m1/s1. The predicted molar refractivity (Wildman–Crippen MR) is 172 cm³/mol. The van der Waals surface area contributed by atoms with E-state index in [0.29, 0.717) is 43.5 Å². The van der Waals surface area contributed by atoms with Crippen molar-refractivity contribution in [3.8, 4) is 0 Å². The molecular formula is C35H48ClN5O2. The van der Waals surface area contributed by atoms with Gasteiger partial charge in [0, 0.05) is 56.8 Å². The van der Waals surface area contributed by atoms with Gasteiger partial charge in [-0.25, -0.2) is 0 Å². The van der Waals surface area contributed by atoms with Gasteiger partial charge in [0.15, 0.2) is 0 Å². The number of amides is 2. The van der Waals surface area contributed by atoms with Crippen LogP contribution < -0.4 is 10.6 Å². The normalized spacial score (nSPS) is 23.5. The lowest BCUT2D eigenvalue weighted by Crippen LogP contribution is -2.60. The van der Waals surface area contributed by atoms with E-state index in [2.05, 4.69) is 32.6 Å². The van der Waals surface area contributed by atoms with Crippen LogP contribution in [0.25, 0.3) is 0 Å². The van der Waals surface area contributed by atoms with Crippen LogP contribution in [0, 0.1) is 5.92 Å². The highest BCUT2D eigenvalue weighted by molar-refractivity contribution is 6.30. The van der Waals surface area contributed by atoms with E-state index < -0.39 is 6.04 Å². The third-order valence-corrected chi connectivity index (χ3v) is 10.6. The average molecular weight is 606 g/mol. The number of carbonyl (C=O) groups is 2. The summed E-state index contributed by atoms with van der Waals surface area (Å²) < 4.78 is 0. The van der Waals surface area contributed by atoms with Crippen molar-refractivity contribution in [1.29, 1.82) is 0 Å². The zero-order chi connectivity index (χ0) is 29.6. The van der Waals surface area contributed by atoms with Crippen LogP contribution in [0.1, 0.15) is 61.6 Å². The van der Waals surface area contributed by atoms with E-state index in [1.807, 2.05) is 41.3 Å². The molecule has 43 heavy (non-hydrogen) atoms. The Morgan fingerprint density at radius 2 is 1.56 bits per heavy atom. The predicted octanol–water partition coefficient (Wildman–Crippen LogP) is 4.27. The third kappa shape index (κ3) is 7.80. The van der Waals surface area contributed by atoms with Crippen molar-refractivity contribution in [2.75, 3.05) is 45.8 Å². The summed E-state index contributed by atoms with van der Waals surface area (Å²) in [6.45, 7) is 7.53. The van der Waals surface area contributed by atoms with Crippen molar-refractivity contribution < 1.29 is 9.59 Å². The maximum atomic E-state index is 14.1. The van der Waals surface area contributed by atoms with Gasteiger partial charge in [0.05, 0.1) is 6.04 Å². The lowest BCUT2D eigenvalue weighted by Gasteiger charge is -2.45. The second-order valence-corrected chi connectivity index (χ2v) is 13.6. The highest BCUT2D eigenvalue weighted by Crippen LogP contribution is 2.31. The molecule has 7 nitrogen and oxygen atoms in total. The molecule has 6 rings (SSSR count). The Balaban J connectivity index is 1.11. The molecule has 3 atom stereocenters. The van der Waals surface area contributed by atoms with E-state index in [-0.39, 0.29) is 17.9 Å². The number of hydrogen-bond acceptors (Lipinski definition) is 5. The lowest BCUT2D eigenvalue weighted by atomic mass is 9.82. The summed E-state index contributed by atoms with van der Waals surface area (Å²) in [5.41, 5.74) is 3.42. The van der Waals surface area contributed by atoms with Gasteiger partial charge in [0.1, 0.15) is 6.04 Å². The highest BCUT2D eigenvalue weighted by Gasteiger charge is 2.36. The van der Waals surface area contributed by atoms with Gasteiger partial charge >= 0.3 is 0 Å². The summed E-state index contributed by atoms with van der Waals surface area (Å²) in [5, 5.41) is 7.21. The summed E-state index contributed by atoms with van der Waals surface area (Å²) in [4.78, 5) is 35.0. The SMILES string of the molecule is O=C(N[C@H](Cc1ccc(Cl)cc1)C(=O)N1CCN(C(CN2CCCC2)C2CCCCC2)CC1)[C@H]1Cc2ccccc2CN1. The zero-order valence-corrected chi connectivity index (χ0v) is 26.2. The van der Waals surface area contributed by atoms with Gasteiger partial charge in [0.25, 0.3) is 0 Å². The van der Waals surface area contributed by atoms with E-state index in [4.69, 9.17) is 11.6 Å². The van der Waals surface area contributed by atoms with Crippen LogP contribution in [-0.4, -0.2) is 90.5 Å². The van der Waals surface area contributed by atoms with Crippen LogP contribution in [0.5, 0.6) is 0 Å². The highest BCUT2D eigenvalue weighted by atomic mass is 35.5. The Bertz CT molecular complexity index is 1220. The molecule has 0 radical (unpaired) electrons. The summed E-state index contributed by atoms with van der Waals surface area (Å²) in [7, 11) is 0. The van der Waals surface area contributed by atoms with Gasteiger partial charge in [-0.15, -0.1) is 0 Å². The number of nitrogens with zero attached hydrogens (tertiary/aromatic N) is 3. The molecule has 2 N–H and O–H groups in total. The van der Waals surface area contributed by atoms with Gasteiger partial charge in [0.2, 0.25) is 11.8 Å². The van der Waals surface area contributed by atoms with E-state index in [0.717, 1.165) is 24.6 Å². The van der Waals surface area contributed by atoms with Crippen LogP contribution in [0.15, 0.2) is 48.5 Å². The van der Waals surface area contributed by atoms with Crippen LogP contribution in [-0.2, 0) is 29.0 Å². The number of fused-ring (bicyclic) bond motifs is 1. The fraction of sp³-hybridized carbons (Fsp3) is 0.600. The number of benzene rings is 2. The van der Waals surface area contributed by atoms with Gasteiger partial charge in [-0.3, -0.25) is 14.5 Å². The average Bonchev–Trinajstić information content (AvgIpc) is 3.58. The van der Waals surface area contributed by atoms with Gasteiger partial charge in [-0.2, -0.15) is 0 Å². The molecule has 2 amide bonds. The summed E-state index contributed by atoms with van der Waals surface area (Å²) in [5.74, 6) is 0.679. The Labute approximate surface area is 262 Å². The van der Waals surface area contributed by atoms with Crippen molar-refractivity contribution in [3.63, 3.8) is 0 Å². The van der Waals surface area contributed by atoms with E-state index in [9.17, 15) is 9.59 Å². The maximum Gasteiger partial charge on any atom is 0.245 e. The number of halogens is 1. The molecule has 0 bridgehead atoms. The molecule has 2 aromatic carbocycles. The van der Waals surface area contributed by atoms with Gasteiger partial charge in [-0.1, -0.05) is 67.3 Å². The molecular weight excluding hydrogens is 558 g/mol. The third-order valence-electron chi connectivity index (χ3n) is 10.3. The molecule has 8 heteroatoms. The van der Waals surface area contributed by atoms with Crippen LogP contribution in [0.2, 0.25) is 5.02 Å². The number of nitrogens with one attached hydrogen (secondary N) is 2. The molecule has 3 aliphatic heterocycles. The Morgan fingerprint density at radius 3 is 2.28 bits per heavy atom. The minimum atomic E-state index is -0.613. The van der Waals surface area contributed by atoms with Crippen molar-refractivity contribution in [2.24, 2.45) is 5.92 Å². The lowest BCUT2D eigenvalue weighted by molar-refractivity contribution is -0.139. The number of piperazine rings is 1. The molecule has 1 unspecified atom stereocenters. The molecule has 3 heterocycles. The smallest absolute Gasteiger partial charge is 0.245 e. The molecule has 4 aliphatic rings. The molecule has 0 spiro atoms. The number of likely N-dealkylation sites (tertiary alicyclic amines) is 1. The largest absolute Gasteiger partial charge is 0.343 e. The summed E-state index contributed by atoms with van der Waals surface area (Å²) in [6.07, 6.45) is 10.5. The van der Waals surface area contributed by atoms with Crippen molar-refractivity contribution in [2.45, 2.75) is 82.5 Å². The first-order chi connectivity index (χ1) is 21.0. The van der Waals surface area contributed by atoms with Crippen molar-refractivity contribution in [3.05, 3.63) is 70.2 Å². The first-order valence-corrected chi connectivity index (χ1v) is 17.0. The minimum absolute atomic E-state index is 0.0212. The molecule has 232 valence electrons. The molecule has 1 aliphatic carbocycles. The second kappa shape index (κ2) is 14.6. The fourth-order valence-corrected chi connectivity index (χ4v) is 7.90. The van der Waals surface area contributed by atoms with Gasteiger partial charge < -0.3 is 20.4 Å². The number of hydrogen-bond donors (Lipinski definition) is 2. The number of carbonyl (C=O) groups excluding carboxylic acids is 2. The molecule has 0 aromatic heterocycles. The van der Waals surface area contributed by atoms with E-state index >= 15 is 0 Å². The quantitative estimate of drug-likeness (QED) is 0.447. The minimum Gasteiger partial charge on any atom is -0.343 e. The molecule has 1 saturated carbocycles. The molecule has 2 saturated heterocycles.